The van der Waals surface area contributed by atoms with E-state index in [2.05, 4.69) is 56.2 Å². The van der Waals surface area contributed by atoms with Crippen LogP contribution in [0.1, 0.15) is 93.6 Å². The fourth-order valence-electron chi connectivity index (χ4n) is 5.56. The van der Waals surface area contributed by atoms with Crippen molar-refractivity contribution in [2.45, 2.75) is 86.0 Å². The van der Waals surface area contributed by atoms with Gasteiger partial charge >= 0.3 is 5.97 Å². The second kappa shape index (κ2) is 14.9. The summed E-state index contributed by atoms with van der Waals surface area (Å²) >= 11 is 0. The number of ether oxygens (including phenoxy) is 1. The Morgan fingerprint density at radius 2 is 1.59 bits per heavy atom. The van der Waals surface area contributed by atoms with Gasteiger partial charge in [0.25, 0.3) is 0 Å². The summed E-state index contributed by atoms with van der Waals surface area (Å²) < 4.78 is 12.3. The van der Waals surface area contributed by atoms with Crippen LogP contribution < -0.4 is 10.7 Å². The molecular formula is C36H46N2O3. The highest BCUT2D eigenvalue weighted by molar-refractivity contribution is 6.08. The van der Waals surface area contributed by atoms with Crippen LogP contribution in [0.3, 0.4) is 0 Å². The van der Waals surface area contributed by atoms with E-state index in [1.54, 1.807) is 0 Å². The van der Waals surface area contributed by atoms with E-state index in [0.29, 0.717) is 18.7 Å². The largest absolute Gasteiger partial charge is 0.462 e. The molecule has 1 aliphatic carbocycles. The molecule has 0 saturated carbocycles. The second-order valence-electron chi connectivity index (χ2n) is 10.9. The monoisotopic (exact) mass is 554 g/mol. The van der Waals surface area contributed by atoms with Crippen LogP contribution >= 0.6 is 0 Å². The summed E-state index contributed by atoms with van der Waals surface area (Å²) in [5, 5.41) is 5.34. The molecule has 2 aliphatic rings. The van der Waals surface area contributed by atoms with E-state index in [0.717, 1.165) is 75.0 Å². The predicted molar refractivity (Wildman–Crippen MR) is 171 cm³/mol. The first-order chi connectivity index (χ1) is 20.0. The molecule has 0 atom stereocenters. The van der Waals surface area contributed by atoms with Crippen molar-refractivity contribution in [3.63, 3.8) is 0 Å². The van der Waals surface area contributed by atoms with E-state index in [1.807, 2.05) is 37.3 Å². The average molecular weight is 555 g/mol. The molecule has 0 amide bonds. The summed E-state index contributed by atoms with van der Waals surface area (Å²) in [7, 11) is 0. The first kappa shape index (κ1) is 30.4. The Balaban J connectivity index is 1.71. The molecule has 2 aromatic carbocycles. The van der Waals surface area contributed by atoms with Gasteiger partial charge in [-0.25, -0.2) is 4.79 Å². The fourth-order valence-corrected chi connectivity index (χ4v) is 5.56. The summed E-state index contributed by atoms with van der Waals surface area (Å²) in [5.74, 6) is 0.472. The van der Waals surface area contributed by atoms with Gasteiger partial charge in [-0.15, -0.1) is 0 Å². The van der Waals surface area contributed by atoms with Gasteiger partial charge in [0.15, 0.2) is 0 Å². The Hall–Kier alpha value is -3.60. The third-order valence-electron chi connectivity index (χ3n) is 7.73. The normalized spacial score (nSPS) is 11.9. The number of rotatable bonds is 14. The van der Waals surface area contributed by atoms with Crippen molar-refractivity contribution in [2.75, 3.05) is 25.0 Å². The highest BCUT2D eigenvalue weighted by atomic mass is 16.5. The number of anilines is 1. The van der Waals surface area contributed by atoms with Gasteiger partial charge in [0.05, 0.1) is 17.5 Å². The molecule has 0 fully saturated rings. The van der Waals surface area contributed by atoms with Gasteiger partial charge in [-0.05, 0) is 69.0 Å². The molecule has 0 spiro atoms. The van der Waals surface area contributed by atoms with Crippen molar-refractivity contribution in [2.24, 2.45) is 4.99 Å². The van der Waals surface area contributed by atoms with Gasteiger partial charge in [-0.1, -0.05) is 70.1 Å². The van der Waals surface area contributed by atoms with E-state index in [-0.39, 0.29) is 5.97 Å². The third-order valence-corrected chi connectivity index (χ3v) is 7.73. The number of esters is 1. The number of hydrogen-bond donors (Lipinski definition) is 1. The molecule has 5 nitrogen and oxygen atoms in total. The summed E-state index contributed by atoms with van der Waals surface area (Å²) in [6.45, 7) is 12.5. The van der Waals surface area contributed by atoms with E-state index < -0.39 is 0 Å². The molecule has 5 heteroatoms. The molecule has 0 radical (unpaired) electrons. The molecule has 0 saturated heterocycles. The SMILES string of the molecule is CCCCCCCCCCOC(=O)c1ccccc1-c1c2cc(C)/c(=N/CC)cc-2oc2cc(NCC)c(C)cc12. The van der Waals surface area contributed by atoms with Gasteiger partial charge in [-0.2, -0.15) is 0 Å². The molecule has 0 unspecified atom stereocenters. The number of hydrogen-bond acceptors (Lipinski definition) is 5. The molecule has 1 heterocycles. The van der Waals surface area contributed by atoms with E-state index >= 15 is 0 Å². The highest BCUT2D eigenvalue weighted by Gasteiger charge is 2.23. The van der Waals surface area contributed by atoms with Crippen LogP contribution in [-0.2, 0) is 4.74 Å². The van der Waals surface area contributed by atoms with Crippen LogP contribution in [-0.4, -0.2) is 25.7 Å². The highest BCUT2D eigenvalue weighted by Crippen LogP contribution is 2.43. The summed E-state index contributed by atoms with van der Waals surface area (Å²) in [6.07, 6.45) is 9.66. The Morgan fingerprint density at radius 3 is 2.32 bits per heavy atom. The van der Waals surface area contributed by atoms with E-state index in [1.165, 1.54) is 38.5 Å². The lowest BCUT2D eigenvalue weighted by atomic mass is 9.89. The Kier molecular flexibility index (Phi) is 11.0. The van der Waals surface area contributed by atoms with Crippen molar-refractivity contribution in [1.82, 2.24) is 0 Å². The lowest BCUT2D eigenvalue weighted by molar-refractivity contribution is 0.0498. The zero-order valence-corrected chi connectivity index (χ0v) is 25.6. The summed E-state index contributed by atoms with van der Waals surface area (Å²) in [6, 6.07) is 16.2. The topological polar surface area (TPSA) is 63.8 Å². The van der Waals surface area contributed by atoms with Crippen LogP contribution in [0.5, 0.6) is 0 Å². The zero-order chi connectivity index (χ0) is 29.2. The third kappa shape index (κ3) is 7.38. The standard InChI is InChI=1S/C36H46N2O3/c1-6-9-10-11-12-13-14-17-20-40-36(39)28-19-16-15-18-27(28)35-29-21-25(4)31(37-7-2)23-33(29)41-34-24-32(38-8-3)26(5)22-30(34)35/h15-16,18-19,21-24,37H,6-14,17,20H2,1-5H3/b38-32+. The number of aryl methyl sites for hydroxylation is 2. The quantitative estimate of drug-likeness (QED) is 0.0958. The van der Waals surface area contributed by atoms with Crippen molar-refractivity contribution < 1.29 is 13.9 Å². The summed E-state index contributed by atoms with van der Waals surface area (Å²) in [4.78, 5) is 18.1. The first-order valence-electron chi connectivity index (χ1n) is 15.5. The lowest BCUT2D eigenvalue weighted by Crippen LogP contribution is -2.11. The van der Waals surface area contributed by atoms with Gasteiger partial charge in [0.2, 0.25) is 0 Å². The number of nitrogens with one attached hydrogen (secondary N) is 1. The fraction of sp³-hybridized carbons (Fsp3) is 0.444. The number of carbonyl (C=O) groups excluding carboxylic acids is 1. The van der Waals surface area contributed by atoms with Gasteiger partial charge < -0.3 is 14.5 Å². The van der Waals surface area contributed by atoms with Gasteiger partial charge in [0, 0.05) is 47.4 Å². The molecular weight excluding hydrogens is 508 g/mol. The Morgan fingerprint density at radius 1 is 0.854 bits per heavy atom. The molecule has 218 valence electrons. The Labute approximate surface area is 245 Å². The zero-order valence-electron chi connectivity index (χ0n) is 25.6. The smallest absolute Gasteiger partial charge is 0.338 e. The maximum atomic E-state index is 13.5. The van der Waals surface area contributed by atoms with Crippen LogP contribution in [0.25, 0.3) is 33.4 Å². The number of fused-ring (bicyclic) bond motifs is 2. The van der Waals surface area contributed by atoms with Crippen molar-refractivity contribution in [3.05, 3.63) is 70.6 Å². The van der Waals surface area contributed by atoms with Crippen molar-refractivity contribution >= 4 is 22.6 Å². The van der Waals surface area contributed by atoms with E-state index in [9.17, 15) is 4.79 Å². The van der Waals surface area contributed by atoms with Crippen molar-refractivity contribution in [3.8, 4) is 22.5 Å². The first-order valence-corrected chi connectivity index (χ1v) is 15.5. The number of nitrogens with zero attached hydrogens (tertiary/aromatic N) is 1. The maximum absolute atomic E-state index is 13.5. The number of unbranched alkanes of at least 4 members (excludes halogenated alkanes) is 7. The molecule has 1 N–H and O–H groups in total. The number of carbonyl (C=O) groups is 1. The number of benzene rings is 3. The lowest BCUT2D eigenvalue weighted by Gasteiger charge is -2.20. The predicted octanol–water partition coefficient (Wildman–Crippen LogP) is 9.47. The summed E-state index contributed by atoms with van der Waals surface area (Å²) in [5.41, 5.74) is 7.39. The van der Waals surface area contributed by atoms with Crippen LogP contribution in [0.4, 0.5) is 5.69 Å². The van der Waals surface area contributed by atoms with Crippen LogP contribution in [0.15, 0.2) is 57.9 Å². The molecule has 41 heavy (non-hydrogen) atoms. The maximum Gasteiger partial charge on any atom is 0.338 e. The molecule has 4 rings (SSSR count). The van der Waals surface area contributed by atoms with Crippen LogP contribution in [0, 0.1) is 13.8 Å². The molecule has 0 bridgehead atoms. The van der Waals surface area contributed by atoms with Gasteiger partial charge in [-0.3, -0.25) is 4.99 Å². The average Bonchev–Trinajstić information content (AvgIpc) is 2.96. The second-order valence-corrected chi connectivity index (χ2v) is 10.9. The van der Waals surface area contributed by atoms with Gasteiger partial charge in [0.1, 0.15) is 11.3 Å². The molecule has 2 aromatic rings. The molecule has 0 aromatic heterocycles. The van der Waals surface area contributed by atoms with Crippen LogP contribution in [0.2, 0.25) is 0 Å². The minimum Gasteiger partial charge on any atom is -0.462 e. The van der Waals surface area contributed by atoms with E-state index in [4.69, 9.17) is 9.15 Å². The minimum absolute atomic E-state index is 0.277. The Bertz CT molecular complexity index is 1500. The van der Waals surface area contributed by atoms with Crippen molar-refractivity contribution in [1.29, 1.82) is 0 Å². The molecule has 1 aliphatic heterocycles. The minimum atomic E-state index is -0.277.